The van der Waals surface area contributed by atoms with Crippen molar-refractivity contribution in [3.8, 4) is 0 Å². The van der Waals surface area contributed by atoms with Crippen molar-refractivity contribution in [3.63, 3.8) is 0 Å². The molecule has 2 aromatic rings. The van der Waals surface area contributed by atoms with Crippen LogP contribution in [-0.2, 0) is 31.9 Å². The lowest BCUT2D eigenvalue weighted by Crippen LogP contribution is -2.29. The van der Waals surface area contributed by atoms with Gasteiger partial charge in [0.05, 0.1) is 20.1 Å². The zero-order chi connectivity index (χ0) is 18.8. The van der Waals surface area contributed by atoms with Gasteiger partial charge in [0.2, 0.25) is 0 Å². The predicted molar refractivity (Wildman–Crippen MR) is 101 cm³/mol. The fraction of sp³-hybridized carbons (Fsp3) is 0.364. The van der Waals surface area contributed by atoms with Crippen molar-refractivity contribution in [3.05, 3.63) is 71.8 Å². The molecule has 0 N–H and O–H groups in total. The number of benzene rings is 2. The molecule has 0 aliphatic carbocycles. The van der Waals surface area contributed by atoms with Crippen molar-refractivity contribution >= 4 is 11.9 Å². The molecule has 0 bridgehead atoms. The first-order valence-corrected chi connectivity index (χ1v) is 8.86. The van der Waals surface area contributed by atoms with Crippen LogP contribution in [0.1, 0.15) is 24.0 Å². The van der Waals surface area contributed by atoms with Crippen LogP contribution in [-0.4, -0.2) is 26.2 Å². The highest BCUT2D eigenvalue weighted by molar-refractivity contribution is 5.73. The highest BCUT2D eigenvalue weighted by Gasteiger charge is 2.30. The average molecular weight is 354 g/mol. The molecule has 0 aliphatic rings. The molecule has 0 aromatic heterocycles. The molecule has 0 radical (unpaired) electrons. The van der Waals surface area contributed by atoms with E-state index >= 15 is 0 Å². The SMILES string of the molecule is COC(=O)CC[C@H](Cc1ccccc1)[C@@H](Cc1ccccc1)C(=O)OC. The molecule has 0 aliphatic heterocycles. The van der Waals surface area contributed by atoms with Gasteiger partial charge in [-0.1, -0.05) is 60.7 Å². The van der Waals surface area contributed by atoms with Crippen molar-refractivity contribution in [2.24, 2.45) is 11.8 Å². The van der Waals surface area contributed by atoms with Crippen LogP contribution in [0.5, 0.6) is 0 Å². The van der Waals surface area contributed by atoms with E-state index in [1.165, 1.54) is 14.2 Å². The van der Waals surface area contributed by atoms with Crippen LogP contribution in [0, 0.1) is 11.8 Å². The quantitative estimate of drug-likeness (QED) is 0.642. The number of ether oxygens (including phenoxy) is 2. The first-order chi connectivity index (χ1) is 12.6. The Kier molecular flexibility index (Phi) is 7.87. The summed E-state index contributed by atoms with van der Waals surface area (Å²) in [5, 5.41) is 0. The second-order valence-corrected chi connectivity index (χ2v) is 6.38. The normalized spacial score (nSPS) is 12.8. The molecule has 26 heavy (non-hydrogen) atoms. The van der Waals surface area contributed by atoms with E-state index in [1.807, 2.05) is 60.7 Å². The van der Waals surface area contributed by atoms with Gasteiger partial charge < -0.3 is 9.47 Å². The lowest BCUT2D eigenvalue weighted by Gasteiger charge is -2.25. The number of rotatable bonds is 9. The number of carbonyl (C=O) groups excluding carboxylic acids is 2. The lowest BCUT2D eigenvalue weighted by molar-refractivity contribution is -0.148. The fourth-order valence-electron chi connectivity index (χ4n) is 3.23. The van der Waals surface area contributed by atoms with Crippen LogP contribution >= 0.6 is 0 Å². The van der Waals surface area contributed by atoms with Crippen LogP contribution in [0.15, 0.2) is 60.7 Å². The van der Waals surface area contributed by atoms with E-state index in [1.54, 1.807) is 0 Å². The Morgan fingerprint density at radius 2 is 1.35 bits per heavy atom. The summed E-state index contributed by atoms with van der Waals surface area (Å²) in [5.74, 6) is -0.817. The Morgan fingerprint density at radius 1 is 0.808 bits per heavy atom. The number of hydrogen-bond donors (Lipinski definition) is 0. The minimum absolute atomic E-state index is 0.0100. The number of methoxy groups -OCH3 is 2. The molecule has 2 aromatic carbocycles. The molecule has 0 saturated heterocycles. The molecular formula is C22H26O4. The molecule has 0 fully saturated rings. The number of esters is 2. The van der Waals surface area contributed by atoms with Crippen molar-refractivity contribution in [1.82, 2.24) is 0 Å². The number of hydrogen-bond acceptors (Lipinski definition) is 4. The summed E-state index contributed by atoms with van der Waals surface area (Å²) in [6, 6.07) is 19.9. The zero-order valence-electron chi connectivity index (χ0n) is 15.4. The molecular weight excluding hydrogens is 328 g/mol. The van der Waals surface area contributed by atoms with Crippen LogP contribution in [0.4, 0.5) is 0 Å². The first-order valence-electron chi connectivity index (χ1n) is 8.86. The summed E-state index contributed by atoms with van der Waals surface area (Å²) in [6.07, 6.45) is 2.17. The highest BCUT2D eigenvalue weighted by Crippen LogP contribution is 2.27. The van der Waals surface area contributed by atoms with E-state index in [0.29, 0.717) is 19.3 Å². The monoisotopic (exact) mass is 354 g/mol. The maximum atomic E-state index is 12.5. The van der Waals surface area contributed by atoms with E-state index < -0.39 is 0 Å². The van der Waals surface area contributed by atoms with Gasteiger partial charge in [0, 0.05) is 6.42 Å². The molecule has 138 valence electrons. The highest BCUT2D eigenvalue weighted by atomic mass is 16.5. The predicted octanol–water partition coefficient (Wildman–Crippen LogP) is 3.83. The summed E-state index contributed by atoms with van der Waals surface area (Å²) in [6.45, 7) is 0. The van der Waals surface area contributed by atoms with E-state index in [9.17, 15) is 9.59 Å². The van der Waals surface area contributed by atoms with Gasteiger partial charge in [-0.25, -0.2) is 0 Å². The standard InChI is InChI=1S/C22H26O4/c1-25-21(23)14-13-19(15-17-9-5-3-6-10-17)20(22(24)26-2)16-18-11-7-4-8-12-18/h3-12,19-20H,13-16H2,1-2H3/t19-,20-/m1/s1. The van der Waals surface area contributed by atoms with Crippen LogP contribution in [0.25, 0.3) is 0 Å². The maximum absolute atomic E-state index is 12.5. The molecule has 0 heterocycles. The third-order valence-electron chi connectivity index (χ3n) is 4.66. The fourth-order valence-corrected chi connectivity index (χ4v) is 3.23. The molecule has 0 saturated carbocycles. The Balaban J connectivity index is 2.23. The molecule has 2 atom stereocenters. The molecule has 4 heteroatoms. The largest absolute Gasteiger partial charge is 0.469 e. The molecule has 2 rings (SSSR count). The Hall–Kier alpha value is -2.62. The third kappa shape index (κ3) is 6.03. The zero-order valence-corrected chi connectivity index (χ0v) is 15.4. The van der Waals surface area contributed by atoms with Crippen molar-refractivity contribution in [2.45, 2.75) is 25.7 Å². The van der Waals surface area contributed by atoms with Crippen molar-refractivity contribution in [1.29, 1.82) is 0 Å². The van der Waals surface area contributed by atoms with Crippen molar-refractivity contribution < 1.29 is 19.1 Å². The summed E-state index contributed by atoms with van der Waals surface area (Å²) in [5.41, 5.74) is 2.23. The van der Waals surface area contributed by atoms with Gasteiger partial charge in [-0.2, -0.15) is 0 Å². The second kappa shape index (κ2) is 10.4. The van der Waals surface area contributed by atoms with Gasteiger partial charge >= 0.3 is 11.9 Å². The van der Waals surface area contributed by atoms with Gasteiger partial charge in [0.25, 0.3) is 0 Å². The lowest BCUT2D eigenvalue weighted by atomic mass is 9.80. The maximum Gasteiger partial charge on any atom is 0.309 e. The minimum atomic E-state index is -0.313. The smallest absolute Gasteiger partial charge is 0.309 e. The van der Waals surface area contributed by atoms with Crippen LogP contribution in [0.3, 0.4) is 0 Å². The van der Waals surface area contributed by atoms with Crippen LogP contribution < -0.4 is 0 Å². The summed E-state index contributed by atoms with van der Waals surface area (Å²) < 4.78 is 9.86. The Labute approximate surface area is 155 Å². The van der Waals surface area contributed by atoms with Gasteiger partial charge in [-0.05, 0) is 36.3 Å². The molecule has 0 amide bonds. The third-order valence-corrected chi connectivity index (χ3v) is 4.66. The van der Waals surface area contributed by atoms with Gasteiger partial charge in [-0.15, -0.1) is 0 Å². The van der Waals surface area contributed by atoms with E-state index in [0.717, 1.165) is 11.1 Å². The second-order valence-electron chi connectivity index (χ2n) is 6.38. The average Bonchev–Trinajstić information content (AvgIpc) is 2.70. The first kappa shape index (κ1) is 19.7. The van der Waals surface area contributed by atoms with E-state index in [-0.39, 0.29) is 30.2 Å². The van der Waals surface area contributed by atoms with Gasteiger partial charge in [0.1, 0.15) is 0 Å². The van der Waals surface area contributed by atoms with Gasteiger partial charge in [-0.3, -0.25) is 9.59 Å². The Morgan fingerprint density at radius 3 is 1.85 bits per heavy atom. The van der Waals surface area contributed by atoms with Crippen molar-refractivity contribution in [2.75, 3.05) is 14.2 Å². The Bertz CT molecular complexity index is 682. The summed E-state index contributed by atoms with van der Waals surface area (Å²) >= 11 is 0. The number of carbonyl (C=O) groups is 2. The van der Waals surface area contributed by atoms with Crippen LogP contribution in [0.2, 0.25) is 0 Å². The van der Waals surface area contributed by atoms with E-state index in [4.69, 9.17) is 9.47 Å². The molecule has 4 nitrogen and oxygen atoms in total. The topological polar surface area (TPSA) is 52.6 Å². The van der Waals surface area contributed by atoms with E-state index in [2.05, 4.69) is 0 Å². The van der Waals surface area contributed by atoms with Gasteiger partial charge in [0.15, 0.2) is 0 Å². The summed E-state index contributed by atoms with van der Waals surface area (Å²) in [7, 11) is 2.80. The molecule has 0 unspecified atom stereocenters. The summed E-state index contributed by atoms with van der Waals surface area (Å²) in [4.78, 5) is 24.2. The minimum Gasteiger partial charge on any atom is -0.469 e. The molecule has 0 spiro atoms.